The number of fused-ring (bicyclic) bond motifs is 3. The molecule has 1 aliphatic carbocycles. The molecule has 15 nitrogen and oxygen atoms in total. The summed E-state index contributed by atoms with van der Waals surface area (Å²) in [6.07, 6.45) is -0.983. The van der Waals surface area contributed by atoms with Gasteiger partial charge in [-0.2, -0.15) is 4.68 Å². The Morgan fingerprint density at radius 3 is 2.26 bits per heavy atom. The maximum Gasteiger partial charge on any atom is 0.435 e. The number of nitrogens with zero attached hydrogens (tertiary/aromatic N) is 6. The van der Waals surface area contributed by atoms with Gasteiger partial charge >= 0.3 is 12.2 Å². The average molecular weight is 728 g/mol. The van der Waals surface area contributed by atoms with E-state index in [9.17, 15) is 14.4 Å². The fourth-order valence-corrected chi connectivity index (χ4v) is 7.11. The van der Waals surface area contributed by atoms with E-state index in [2.05, 4.69) is 20.2 Å². The van der Waals surface area contributed by atoms with Gasteiger partial charge in [0.2, 0.25) is 11.7 Å². The number of ether oxygens (including phenoxy) is 5. The molecule has 2 amide bonds. The third-order valence-electron chi connectivity index (χ3n) is 9.43. The lowest BCUT2D eigenvalue weighted by atomic mass is 9.91. The number of aryl methyl sites for hydroxylation is 1. The van der Waals surface area contributed by atoms with Gasteiger partial charge < -0.3 is 33.9 Å². The number of aromatic nitrogens is 4. The lowest BCUT2D eigenvalue weighted by molar-refractivity contribution is -0.120. The third kappa shape index (κ3) is 6.47. The molecule has 7 rings (SSSR count). The van der Waals surface area contributed by atoms with E-state index in [0.717, 1.165) is 10.5 Å². The van der Waals surface area contributed by atoms with Gasteiger partial charge in [-0.25, -0.2) is 24.5 Å². The SMILES string of the molecule is COc1ccc2c(c1)[C@]1(C[C@H]1c1ccc3c(Nc4nc(C)nc(N5CCOCC5)c4OC)nn(C(=O)OC(C)(C)C)c3c1)C(=O)N2C(=O)OC(C)(C)C. The molecule has 2 aliphatic heterocycles. The van der Waals surface area contributed by atoms with Crippen LogP contribution in [0.2, 0.25) is 0 Å². The lowest BCUT2D eigenvalue weighted by Gasteiger charge is -2.29. The Kier molecular flexibility index (Phi) is 8.75. The normalized spacial score (nSPS) is 19.7. The predicted molar refractivity (Wildman–Crippen MR) is 197 cm³/mol. The van der Waals surface area contributed by atoms with Gasteiger partial charge in [0.05, 0.1) is 44.1 Å². The highest BCUT2D eigenvalue weighted by molar-refractivity contribution is 6.23. The third-order valence-corrected chi connectivity index (χ3v) is 9.43. The molecule has 0 bridgehead atoms. The molecule has 15 heteroatoms. The van der Waals surface area contributed by atoms with E-state index in [1.165, 1.54) is 4.68 Å². The van der Waals surface area contributed by atoms with Crippen LogP contribution < -0.4 is 24.6 Å². The fraction of sp³-hybridized carbons (Fsp3) is 0.474. The van der Waals surface area contributed by atoms with Crippen molar-refractivity contribution in [2.24, 2.45) is 0 Å². The molecule has 1 saturated heterocycles. The zero-order valence-electron chi connectivity index (χ0n) is 31.5. The highest BCUT2D eigenvalue weighted by atomic mass is 16.6. The molecular weight excluding hydrogens is 682 g/mol. The van der Waals surface area contributed by atoms with Crippen molar-refractivity contribution >= 4 is 52.1 Å². The maximum absolute atomic E-state index is 14.3. The summed E-state index contributed by atoms with van der Waals surface area (Å²) in [5.74, 6) is 2.17. The Morgan fingerprint density at radius 1 is 0.906 bits per heavy atom. The number of hydrogen-bond acceptors (Lipinski definition) is 13. The second-order valence-corrected chi connectivity index (χ2v) is 15.5. The first-order valence-corrected chi connectivity index (χ1v) is 17.6. The maximum atomic E-state index is 14.3. The van der Waals surface area contributed by atoms with Crippen molar-refractivity contribution in [2.45, 2.75) is 77.4 Å². The van der Waals surface area contributed by atoms with E-state index >= 15 is 0 Å². The quantitative estimate of drug-likeness (QED) is 0.239. The molecule has 0 radical (unpaired) electrons. The zero-order chi connectivity index (χ0) is 38.0. The summed E-state index contributed by atoms with van der Waals surface area (Å²) in [6, 6.07) is 10.9. The Balaban J connectivity index is 1.30. The molecule has 53 heavy (non-hydrogen) atoms. The zero-order valence-corrected chi connectivity index (χ0v) is 31.5. The van der Waals surface area contributed by atoms with Crippen molar-refractivity contribution in [3.8, 4) is 11.5 Å². The van der Waals surface area contributed by atoms with Crippen molar-refractivity contribution in [3.05, 3.63) is 53.3 Å². The van der Waals surface area contributed by atoms with E-state index in [0.29, 0.717) is 89.7 Å². The highest BCUT2D eigenvalue weighted by Gasteiger charge is 2.68. The number of morpholine rings is 1. The summed E-state index contributed by atoms with van der Waals surface area (Å²) in [7, 11) is 3.11. The van der Waals surface area contributed by atoms with Crippen LogP contribution in [0.5, 0.6) is 11.5 Å². The minimum Gasteiger partial charge on any atom is -0.497 e. The van der Waals surface area contributed by atoms with Crippen LogP contribution in [0.25, 0.3) is 10.9 Å². The van der Waals surface area contributed by atoms with Crippen molar-refractivity contribution in [1.82, 2.24) is 19.7 Å². The number of nitrogens with one attached hydrogen (secondary N) is 1. The van der Waals surface area contributed by atoms with Gasteiger partial charge in [0.1, 0.15) is 22.8 Å². The van der Waals surface area contributed by atoms with Gasteiger partial charge in [-0.15, -0.1) is 5.10 Å². The number of carbonyl (C=O) groups is 3. The van der Waals surface area contributed by atoms with Gasteiger partial charge in [-0.3, -0.25) is 4.79 Å². The Labute approximate surface area is 307 Å². The van der Waals surface area contributed by atoms with Crippen LogP contribution in [0, 0.1) is 6.92 Å². The molecule has 3 aliphatic rings. The van der Waals surface area contributed by atoms with Gasteiger partial charge in [-0.1, -0.05) is 6.07 Å². The van der Waals surface area contributed by atoms with Crippen molar-refractivity contribution < 1.29 is 38.1 Å². The monoisotopic (exact) mass is 727 g/mol. The lowest BCUT2D eigenvalue weighted by Crippen LogP contribution is -2.41. The van der Waals surface area contributed by atoms with E-state index in [1.807, 2.05) is 24.3 Å². The molecule has 0 unspecified atom stereocenters. The molecule has 4 aromatic rings. The number of amides is 2. The Morgan fingerprint density at radius 2 is 1.60 bits per heavy atom. The van der Waals surface area contributed by atoms with Crippen molar-refractivity contribution in [1.29, 1.82) is 0 Å². The standard InChI is InChI=1S/C38H45N7O8/c1-21-39-31(29(50-9)32(40-21)43-14-16-51-17-15-43)41-30-24-12-10-22(18-28(24)45(42-30)35(48)53-37(5,6)7)26-20-38(26)25-19-23(49-8)11-13-27(25)44(33(38)46)34(47)52-36(2,3)4/h10-13,18-19,26H,14-17,20H2,1-9H3,(H,39,40,41,42)/t26-,38-/m0/s1. The van der Waals surface area contributed by atoms with E-state index < -0.39 is 28.8 Å². The largest absolute Gasteiger partial charge is 0.497 e. The van der Waals surface area contributed by atoms with Crippen LogP contribution in [0.1, 0.15) is 70.8 Å². The molecule has 1 saturated carbocycles. The number of imide groups is 1. The number of methoxy groups -OCH3 is 2. The summed E-state index contributed by atoms with van der Waals surface area (Å²) in [5, 5.41) is 8.61. The average Bonchev–Trinajstić information content (AvgIpc) is 3.68. The van der Waals surface area contributed by atoms with Crippen LogP contribution in [0.4, 0.5) is 32.7 Å². The molecule has 4 heterocycles. The highest BCUT2D eigenvalue weighted by Crippen LogP contribution is 2.67. The number of benzene rings is 2. The summed E-state index contributed by atoms with van der Waals surface area (Å²) in [5.41, 5.74) is -0.253. The van der Waals surface area contributed by atoms with Crippen LogP contribution in [-0.4, -0.2) is 89.6 Å². The van der Waals surface area contributed by atoms with Crippen molar-refractivity contribution in [3.63, 3.8) is 0 Å². The van der Waals surface area contributed by atoms with E-state index in [1.54, 1.807) is 74.8 Å². The first-order chi connectivity index (χ1) is 25.0. The number of anilines is 4. The fourth-order valence-electron chi connectivity index (χ4n) is 7.11. The van der Waals surface area contributed by atoms with Crippen molar-refractivity contribution in [2.75, 3.05) is 55.6 Å². The molecular formula is C38H45N7O8. The molecule has 1 spiro atoms. The van der Waals surface area contributed by atoms with Gasteiger partial charge in [0.15, 0.2) is 17.5 Å². The second-order valence-electron chi connectivity index (χ2n) is 15.5. The molecule has 1 N–H and O–H groups in total. The van der Waals surface area contributed by atoms with Crippen LogP contribution in [-0.2, 0) is 24.4 Å². The van der Waals surface area contributed by atoms with E-state index in [-0.39, 0.29) is 11.8 Å². The Hall–Kier alpha value is -5.44. The summed E-state index contributed by atoms with van der Waals surface area (Å²) in [6.45, 7) is 14.8. The molecule has 2 atom stereocenters. The van der Waals surface area contributed by atoms with Crippen LogP contribution >= 0.6 is 0 Å². The molecule has 280 valence electrons. The predicted octanol–water partition coefficient (Wildman–Crippen LogP) is 6.22. The minimum atomic E-state index is -1.03. The van der Waals surface area contributed by atoms with Crippen LogP contribution in [0.3, 0.4) is 0 Å². The van der Waals surface area contributed by atoms with Crippen LogP contribution in [0.15, 0.2) is 36.4 Å². The summed E-state index contributed by atoms with van der Waals surface area (Å²) in [4.78, 5) is 54.0. The first-order valence-electron chi connectivity index (χ1n) is 17.6. The second kappa shape index (κ2) is 12.9. The number of carbonyl (C=O) groups excluding carboxylic acids is 3. The van der Waals surface area contributed by atoms with Gasteiger partial charge in [0.25, 0.3) is 0 Å². The molecule has 2 fully saturated rings. The van der Waals surface area contributed by atoms with Gasteiger partial charge in [-0.05, 0) is 96.3 Å². The first kappa shape index (κ1) is 35.9. The summed E-state index contributed by atoms with van der Waals surface area (Å²) >= 11 is 0. The smallest absolute Gasteiger partial charge is 0.435 e. The van der Waals surface area contributed by atoms with E-state index in [4.69, 9.17) is 28.8 Å². The molecule has 2 aromatic heterocycles. The number of rotatable bonds is 6. The summed E-state index contributed by atoms with van der Waals surface area (Å²) < 4.78 is 29.6. The minimum absolute atomic E-state index is 0.322. The topological polar surface area (TPSA) is 159 Å². The number of hydrogen-bond donors (Lipinski definition) is 1. The Bertz CT molecular complexity index is 2130. The van der Waals surface area contributed by atoms with Gasteiger partial charge in [0, 0.05) is 24.4 Å². The molecule has 2 aromatic carbocycles.